The molecule has 0 aliphatic carbocycles. The van der Waals surface area contributed by atoms with Crippen molar-refractivity contribution in [3.8, 4) is 11.3 Å². The van der Waals surface area contributed by atoms with Gasteiger partial charge >= 0.3 is 5.97 Å². The molecule has 0 spiro atoms. The van der Waals surface area contributed by atoms with E-state index >= 15 is 0 Å². The zero-order valence-electron chi connectivity index (χ0n) is 9.76. The highest BCUT2D eigenvalue weighted by Crippen LogP contribution is 2.18. The Kier molecular flexibility index (Phi) is 3.89. The van der Waals surface area contributed by atoms with Crippen molar-refractivity contribution in [1.82, 2.24) is 9.97 Å². The maximum Gasteiger partial charge on any atom is 0.309 e. The van der Waals surface area contributed by atoms with Crippen LogP contribution in [0.1, 0.15) is 5.56 Å². The molecular formula is C13H11ClN2O2. The van der Waals surface area contributed by atoms with Crippen LogP contribution in [0.5, 0.6) is 0 Å². The van der Waals surface area contributed by atoms with E-state index in [0.29, 0.717) is 0 Å². The maximum atomic E-state index is 11.1. The number of carbonyl (C=O) groups excluding carboxylic acids is 1. The van der Waals surface area contributed by atoms with Crippen LogP contribution in [-0.2, 0) is 16.0 Å². The van der Waals surface area contributed by atoms with Crippen LogP contribution in [0.3, 0.4) is 0 Å². The highest BCUT2D eigenvalue weighted by Gasteiger charge is 2.04. The van der Waals surface area contributed by atoms with Crippen LogP contribution in [0, 0.1) is 0 Å². The quantitative estimate of drug-likeness (QED) is 0.630. The summed E-state index contributed by atoms with van der Waals surface area (Å²) in [5, 5.41) is 0.214. The molecule has 0 radical (unpaired) electrons. The monoisotopic (exact) mass is 262 g/mol. The number of nitrogens with zero attached hydrogens (tertiary/aromatic N) is 2. The average molecular weight is 263 g/mol. The smallest absolute Gasteiger partial charge is 0.309 e. The van der Waals surface area contributed by atoms with Gasteiger partial charge in [0.2, 0.25) is 5.28 Å². The lowest BCUT2D eigenvalue weighted by Gasteiger charge is -2.03. The summed E-state index contributed by atoms with van der Waals surface area (Å²) in [4.78, 5) is 19.1. The van der Waals surface area contributed by atoms with Gasteiger partial charge in [-0.05, 0) is 23.2 Å². The molecule has 18 heavy (non-hydrogen) atoms. The van der Waals surface area contributed by atoms with Crippen molar-refractivity contribution in [2.75, 3.05) is 7.11 Å². The summed E-state index contributed by atoms with van der Waals surface area (Å²) in [6, 6.07) is 9.28. The molecule has 4 nitrogen and oxygen atoms in total. The number of hydrogen-bond acceptors (Lipinski definition) is 4. The first-order valence-electron chi connectivity index (χ1n) is 5.33. The molecule has 92 valence electrons. The van der Waals surface area contributed by atoms with Gasteiger partial charge in [-0.25, -0.2) is 9.97 Å². The van der Waals surface area contributed by atoms with Gasteiger partial charge in [0.05, 0.1) is 19.2 Å². The first kappa shape index (κ1) is 12.5. The Hall–Kier alpha value is -1.94. The number of carbonyl (C=O) groups is 1. The van der Waals surface area contributed by atoms with E-state index in [0.717, 1.165) is 16.8 Å². The Labute approximate surface area is 110 Å². The van der Waals surface area contributed by atoms with Crippen molar-refractivity contribution in [2.24, 2.45) is 0 Å². The standard InChI is InChI=1S/C13H11ClN2O2/c1-18-12(17)8-9-2-4-10(5-3-9)11-6-7-15-13(14)16-11/h2-7H,8H2,1H3. The molecule has 1 aromatic carbocycles. The predicted molar refractivity (Wildman–Crippen MR) is 68.2 cm³/mol. The number of methoxy groups -OCH3 is 1. The number of halogens is 1. The number of ether oxygens (including phenoxy) is 1. The first-order valence-corrected chi connectivity index (χ1v) is 5.71. The lowest BCUT2D eigenvalue weighted by molar-refractivity contribution is -0.139. The van der Waals surface area contributed by atoms with Gasteiger partial charge < -0.3 is 4.74 Å². The Morgan fingerprint density at radius 3 is 2.61 bits per heavy atom. The predicted octanol–water partition coefficient (Wildman–Crippen LogP) is 2.51. The summed E-state index contributed by atoms with van der Waals surface area (Å²) in [7, 11) is 1.37. The Balaban J connectivity index is 2.19. The van der Waals surface area contributed by atoms with Crippen LogP contribution in [-0.4, -0.2) is 23.0 Å². The molecular weight excluding hydrogens is 252 g/mol. The van der Waals surface area contributed by atoms with Crippen molar-refractivity contribution >= 4 is 17.6 Å². The molecule has 1 heterocycles. The van der Waals surface area contributed by atoms with E-state index in [2.05, 4.69) is 14.7 Å². The molecule has 0 fully saturated rings. The molecule has 0 saturated carbocycles. The third-order valence-electron chi connectivity index (χ3n) is 2.45. The molecule has 0 saturated heterocycles. The lowest BCUT2D eigenvalue weighted by atomic mass is 10.1. The van der Waals surface area contributed by atoms with Gasteiger partial charge in [-0.3, -0.25) is 4.79 Å². The van der Waals surface area contributed by atoms with E-state index in [4.69, 9.17) is 11.6 Å². The largest absolute Gasteiger partial charge is 0.469 e. The molecule has 0 unspecified atom stereocenters. The highest BCUT2D eigenvalue weighted by molar-refractivity contribution is 6.28. The van der Waals surface area contributed by atoms with E-state index in [1.54, 1.807) is 12.3 Å². The van der Waals surface area contributed by atoms with Crippen molar-refractivity contribution in [3.05, 3.63) is 47.4 Å². The average Bonchev–Trinajstić information content (AvgIpc) is 2.39. The molecule has 1 aromatic heterocycles. The van der Waals surface area contributed by atoms with Gasteiger partial charge in [0.15, 0.2) is 0 Å². The molecule has 0 atom stereocenters. The topological polar surface area (TPSA) is 52.1 Å². The van der Waals surface area contributed by atoms with Crippen LogP contribution in [0.15, 0.2) is 36.5 Å². The molecule has 2 aromatic rings. The molecule has 0 bridgehead atoms. The summed E-state index contributed by atoms with van der Waals surface area (Å²) in [6.07, 6.45) is 1.87. The van der Waals surface area contributed by atoms with Gasteiger partial charge in [0.1, 0.15) is 0 Å². The Bertz CT molecular complexity index is 555. The zero-order chi connectivity index (χ0) is 13.0. The van der Waals surface area contributed by atoms with E-state index in [1.807, 2.05) is 24.3 Å². The summed E-state index contributed by atoms with van der Waals surface area (Å²) >= 11 is 5.73. The number of benzene rings is 1. The molecule has 0 N–H and O–H groups in total. The molecule has 2 rings (SSSR count). The summed E-state index contributed by atoms with van der Waals surface area (Å²) < 4.78 is 4.61. The number of aromatic nitrogens is 2. The van der Waals surface area contributed by atoms with Crippen molar-refractivity contribution in [1.29, 1.82) is 0 Å². The fourth-order valence-electron chi connectivity index (χ4n) is 1.53. The van der Waals surface area contributed by atoms with E-state index in [1.165, 1.54) is 7.11 Å². The third kappa shape index (κ3) is 3.05. The minimum absolute atomic E-state index is 0.214. The second kappa shape index (κ2) is 5.60. The van der Waals surface area contributed by atoms with Crippen molar-refractivity contribution < 1.29 is 9.53 Å². The lowest BCUT2D eigenvalue weighted by Crippen LogP contribution is -2.04. The normalized spacial score (nSPS) is 10.1. The van der Waals surface area contributed by atoms with Crippen LogP contribution in [0.2, 0.25) is 5.28 Å². The summed E-state index contributed by atoms with van der Waals surface area (Å²) in [6.45, 7) is 0. The second-order valence-electron chi connectivity index (χ2n) is 3.66. The Morgan fingerprint density at radius 2 is 2.00 bits per heavy atom. The zero-order valence-corrected chi connectivity index (χ0v) is 10.5. The molecule has 0 amide bonds. The number of hydrogen-bond donors (Lipinski definition) is 0. The van der Waals surface area contributed by atoms with Gasteiger partial charge in [-0.1, -0.05) is 24.3 Å². The minimum Gasteiger partial charge on any atom is -0.469 e. The van der Waals surface area contributed by atoms with Crippen LogP contribution >= 0.6 is 11.6 Å². The third-order valence-corrected chi connectivity index (χ3v) is 2.63. The maximum absolute atomic E-state index is 11.1. The Morgan fingerprint density at radius 1 is 1.28 bits per heavy atom. The minimum atomic E-state index is -0.257. The van der Waals surface area contributed by atoms with Crippen LogP contribution in [0.25, 0.3) is 11.3 Å². The first-order chi connectivity index (χ1) is 8.69. The molecule has 0 aliphatic heterocycles. The van der Waals surface area contributed by atoms with Crippen molar-refractivity contribution in [3.63, 3.8) is 0 Å². The second-order valence-corrected chi connectivity index (χ2v) is 4.00. The van der Waals surface area contributed by atoms with Crippen molar-refractivity contribution in [2.45, 2.75) is 6.42 Å². The van der Waals surface area contributed by atoms with E-state index in [9.17, 15) is 4.79 Å². The van der Waals surface area contributed by atoms with Gasteiger partial charge in [-0.2, -0.15) is 0 Å². The number of rotatable bonds is 3. The SMILES string of the molecule is COC(=O)Cc1ccc(-c2ccnc(Cl)n2)cc1. The fourth-order valence-corrected chi connectivity index (χ4v) is 1.68. The molecule has 5 heteroatoms. The molecule has 0 aliphatic rings. The highest BCUT2D eigenvalue weighted by atomic mass is 35.5. The summed E-state index contributed by atoms with van der Waals surface area (Å²) in [5.41, 5.74) is 2.57. The van der Waals surface area contributed by atoms with Gasteiger partial charge in [0, 0.05) is 11.8 Å². The van der Waals surface area contributed by atoms with E-state index in [-0.39, 0.29) is 17.7 Å². The van der Waals surface area contributed by atoms with E-state index < -0.39 is 0 Å². The van der Waals surface area contributed by atoms with Gasteiger partial charge in [-0.15, -0.1) is 0 Å². The number of esters is 1. The fraction of sp³-hybridized carbons (Fsp3) is 0.154. The van der Waals surface area contributed by atoms with Crippen LogP contribution in [0.4, 0.5) is 0 Å². The van der Waals surface area contributed by atoms with Gasteiger partial charge in [0.25, 0.3) is 0 Å². The summed E-state index contributed by atoms with van der Waals surface area (Å²) in [5.74, 6) is -0.257. The van der Waals surface area contributed by atoms with Crippen LogP contribution < -0.4 is 0 Å².